The number of hydrogen-bond donors (Lipinski definition) is 4. The molecule has 0 saturated heterocycles. The summed E-state index contributed by atoms with van der Waals surface area (Å²) in [6, 6.07) is 7.79. The second-order valence-electron chi connectivity index (χ2n) is 4.50. The minimum absolute atomic E-state index is 0.236. The van der Waals surface area contributed by atoms with E-state index in [2.05, 4.69) is 19.9 Å². The van der Waals surface area contributed by atoms with Gasteiger partial charge in [-0.05, 0) is 24.3 Å². The van der Waals surface area contributed by atoms with E-state index in [1.165, 1.54) is 6.33 Å². The first-order valence-electron chi connectivity index (χ1n) is 6.08. The average Bonchev–Trinajstić information content (AvgIpc) is 3.06. The Morgan fingerprint density at radius 3 is 3.00 bits per heavy atom. The fourth-order valence-electron chi connectivity index (χ4n) is 2.37. The number of aromatic amines is 2. The maximum atomic E-state index is 8.27. The molecule has 7 nitrogen and oxygen atoms in total. The molecule has 0 fully saturated rings. The fourth-order valence-corrected chi connectivity index (χ4v) is 2.37. The van der Waals surface area contributed by atoms with Gasteiger partial charge in [0.05, 0.1) is 12.0 Å². The number of nitrogen functional groups attached to an aromatic ring is 1. The summed E-state index contributed by atoms with van der Waals surface area (Å²) >= 11 is 0. The molecular formula is C13H11N7. The van der Waals surface area contributed by atoms with Crippen LogP contribution in [0.1, 0.15) is 0 Å². The molecule has 0 spiro atoms. The Bertz CT molecular complexity index is 989. The summed E-state index contributed by atoms with van der Waals surface area (Å²) < 4.78 is 1.59. The molecule has 4 aromatic rings. The van der Waals surface area contributed by atoms with Crippen LogP contribution in [-0.4, -0.2) is 24.5 Å². The fraction of sp³-hybridized carbons (Fsp3) is 0. The number of nitrogens with two attached hydrogens (primary N) is 1. The minimum atomic E-state index is 0.236. The van der Waals surface area contributed by atoms with Gasteiger partial charge in [0, 0.05) is 17.1 Å². The van der Waals surface area contributed by atoms with Crippen molar-refractivity contribution in [3.05, 3.63) is 42.3 Å². The first-order chi connectivity index (χ1) is 9.74. The number of hydrogen-bond acceptors (Lipinski definition) is 4. The van der Waals surface area contributed by atoms with Gasteiger partial charge in [-0.15, -0.1) is 0 Å². The molecule has 20 heavy (non-hydrogen) atoms. The first-order valence-corrected chi connectivity index (χ1v) is 6.08. The van der Waals surface area contributed by atoms with E-state index in [1.807, 2.05) is 30.5 Å². The van der Waals surface area contributed by atoms with E-state index >= 15 is 0 Å². The lowest BCUT2D eigenvalue weighted by Crippen LogP contribution is -2.23. The molecule has 7 heteroatoms. The van der Waals surface area contributed by atoms with Gasteiger partial charge in [0.25, 0.3) is 0 Å². The molecule has 0 atom stereocenters. The van der Waals surface area contributed by atoms with Gasteiger partial charge in [0.1, 0.15) is 5.52 Å². The van der Waals surface area contributed by atoms with Gasteiger partial charge >= 0.3 is 0 Å². The minimum Gasteiger partial charge on any atom is -0.369 e. The number of anilines is 1. The van der Waals surface area contributed by atoms with Gasteiger partial charge in [0.15, 0.2) is 11.1 Å². The Balaban J connectivity index is 2.07. The zero-order valence-corrected chi connectivity index (χ0v) is 10.4. The Hall–Kier alpha value is -3.09. The second kappa shape index (κ2) is 3.70. The first kappa shape index (κ1) is 10.8. The van der Waals surface area contributed by atoms with E-state index in [-0.39, 0.29) is 11.4 Å². The lowest BCUT2D eigenvalue weighted by atomic mass is 10.2. The quantitative estimate of drug-likeness (QED) is 0.416. The molecule has 3 aromatic heterocycles. The van der Waals surface area contributed by atoms with Crippen molar-refractivity contribution in [1.82, 2.24) is 24.5 Å². The van der Waals surface area contributed by atoms with Crippen molar-refractivity contribution in [3.8, 4) is 5.69 Å². The molecule has 3 heterocycles. The van der Waals surface area contributed by atoms with Crippen molar-refractivity contribution in [2.24, 2.45) is 0 Å². The van der Waals surface area contributed by atoms with E-state index in [0.29, 0.717) is 11.2 Å². The number of aromatic nitrogens is 5. The van der Waals surface area contributed by atoms with Crippen LogP contribution in [0, 0.1) is 5.41 Å². The van der Waals surface area contributed by atoms with E-state index in [4.69, 9.17) is 11.1 Å². The highest BCUT2D eigenvalue weighted by molar-refractivity contribution is 5.82. The summed E-state index contributed by atoms with van der Waals surface area (Å²) in [5.41, 5.74) is 9.05. The zero-order chi connectivity index (χ0) is 13.7. The summed E-state index contributed by atoms with van der Waals surface area (Å²) in [5.74, 6) is 0.240. The summed E-state index contributed by atoms with van der Waals surface area (Å²) in [7, 11) is 0. The summed E-state index contributed by atoms with van der Waals surface area (Å²) in [6.07, 6.45) is 3.38. The summed E-state index contributed by atoms with van der Waals surface area (Å²) in [5, 5.41) is 9.32. The SMILES string of the molecule is N=c1c2[nH]cnc2nc(N)n1-c1ccc2[nH]ccc2c1. The van der Waals surface area contributed by atoms with Crippen LogP contribution in [0.25, 0.3) is 27.8 Å². The van der Waals surface area contributed by atoms with Crippen molar-refractivity contribution in [1.29, 1.82) is 5.41 Å². The van der Waals surface area contributed by atoms with E-state index in [0.717, 1.165) is 16.6 Å². The Morgan fingerprint density at radius 2 is 2.10 bits per heavy atom. The van der Waals surface area contributed by atoms with Crippen LogP contribution in [0.4, 0.5) is 5.95 Å². The van der Waals surface area contributed by atoms with E-state index < -0.39 is 0 Å². The van der Waals surface area contributed by atoms with Gasteiger partial charge < -0.3 is 15.7 Å². The van der Waals surface area contributed by atoms with Crippen LogP contribution < -0.4 is 11.2 Å². The highest BCUT2D eigenvalue weighted by Gasteiger charge is 2.10. The predicted octanol–water partition coefficient (Wildman–Crippen LogP) is 1.29. The lowest BCUT2D eigenvalue weighted by Gasteiger charge is -2.10. The van der Waals surface area contributed by atoms with Crippen molar-refractivity contribution >= 4 is 28.0 Å². The molecule has 0 aliphatic carbocycles. The van der Waals surface area contributed by atoms with Gasteiger partial charge in [-0.25, -0.2) is 4.98 Å². The Kier molecular flexibility index (Phi) is 2.00. The normalized spacial score (nSPS) is 11.4. The van der Waals surface area contributed by atoms with Crippen LogP contribution in [0.15, 0.2) is 36.8 Å². The standard InChI is InChI=1S/C13H11N7/c14-11-10-12(18-6-17-10)19-13(15)20(11)8-1-2-9-7(5-8)3-4-16-9/h1-6,14,16H,(H2,15,19)(H,17,18). The molecule has 0 unspecified atom stereocenters. The third kappa shape index (κ3) is 1.37. The molecule has 5 N–H and O–H groups in total. The smallest absolute Gasteiger partial charge is 0.208 e. The molecule has 1 aromatic carbocycles. The lowest BCUT2D eigenvalue weighted by molar-refractivity contribution is 0.923. The highest BCUT2D eigenvalue weighted by Crippen LogP contribution is 2.18. The molecule has 0 saturated carbocycles. The highest BCUT2D eigenvalue weighted by atomic mass is 15.2. The monoisotopic (exact) mass is 265 g/mol. The number of imidazole rings is 1. The predicted molar refractivity (Wildman–Crippen MR) is 75.3 cm³/mol. The van der Waals surface area contributed by atoms with Crippen LogP contribution >= 0.6 is 0 Å². The van der Waals surface area contributed by atoms with Crippen molar-refractivity contribution in [2.75, 3.05) is 5.73 Å². The number of H-pyrrole nitrogens is 2. The van der Waals surface area contributed by atoms with Gasteiger partial charge in [-0.1, -0.05) is 0 Å². The number of fused-ring (bicyclic) bond motifs is 2. The van der Waals surface area contributed by atoms with Gasteiger partial charge in [0.2, 0.25) is 5.95 Å². The molecule has 0 aliphatic heterocycles. The molecule has 4 rings (SSSR count). The molecule has 98 valence electrons. The topological polar surface area (TPSA) is 112 Å². The third-order valence-corrected chi connectivity index (χ3v) is 3.32. The van der Waals surface area contributed by atoms with E-state index in [9.17, 15) is 0 Å². The van der Waals surface area contributed by atoms with E-state index in [1.54, 1.807) is 4.57 Å². The number of nitrogens with zero attached hydrogens (tertiary/aromatic N) is 3. The van der Waals surface area contributed by atoms with Crippen LogP contribution in [0.3, 0.4) is 0 Å². The molecule has 0 bridgehead atoms. The molecular weight excluding hydrogens is 254 g/mol. The van der Waals surface area contributed by atoms with Crippen molar-refractivity contribution in [2.45, 2.75) is 0 Å². The van der Waals surface area contributed by atoms with Gasteiger partial charge in [-0.3, -0.25) is 9.98 Å². The largest absolute Gasteiger partial charge is 0.369 e. The maximum absolute atomic E-state index is 8.27. The molecule has 0 radical (unpaired) electrons. The second-order valence-corrected chi connectivity index (χ2v) is 4.50. The summed E-state index contributed by atoms with van der Waals surface area (Å²) in [6.45, 7) is 0. The number of benzene rings is 1. The van der Waals surface area contributed by atoms with Crippen LogP contribution in [-0.2, 0) is 0 Å². The molecule has 0 aliphatic rings. The Labute approximate surface area is 112 Å². The third-order valence-electron chi connectivity index (χ3n) is 3.32. The Morgan fingerprint density at radius 1 is 1.20 bits per heavy atom. The summed E-state index contributed by atoms with van der Waals surface area (Å²) in [4.78, 5) is 14.3. The zero-order valence-electron chi connectivity index (χ0n) is 10.4. The maximum Gasteiger partial charge on any atom is 0.208 e. The number of nitrogens with one attached hydrogen (secondary N) is 3. The van der Waals surface area contributed by atoms with Gasteiger partial charge in [-0.2, -0.15) is 4.98 Å². The van der Waals surface area contributed by atoms with Crippen LogP contribution in [0.2, 0.25) is 0 Å². The molecule has 0 amide bonds. The number of rotatable bonds is 1. The van der Waals surface area contributed by atoms with Crippen molar-refractivity contribution in [3.63, 3.8) is 0 Å². The van der Waals surface area contributed by atoms with Crippen molar-refractivity contribution < 1.29 is 0 Å². The average molecular weight is 265 g/mol. The van der Waals surface area contributed by atoms with Crippen LogP contribution in [0.5, 0.6) is 0 Å².